The molecule has 6 heteroatoms. The van der Waals surface area contributed by atoms with Gasteiger partial charge in [0, 0.05) is 38.1 Å². The molecular formula is C16H29N3O3. The number of ether oxygens (including phenoxy) is 1. The second kappa shape index (κ2) is 7.42. The maximum Gasteiger partial charge on any atom is 0.225 e. The third-order valence-corrected chi connectivity index (χ3v) is 4.36. The summed E-state index contributed by atoms with van der Waals surface area (Å²) < 4.78 is 5.31. The molecule has 1 unspecified atom stereocenters. The summed E-state index contributed by atoms with van der Waals surface area (Å²) >= 11 is 0. The second-order valence-corrected chi connectivity index (χ2v) is 7.17. The van der Waals surface area contributed by atoms with Crippen molar-refractivity contribution in [2.45, 2.75) is 39.2 Å². The van der Waals surface area contributed by atoms with E-state index in [9.17, 15) is 9.59 Å². The summed E-state index contributed by atoms with van der Waals surface area (Å²) in [6.07, 6.45) is 1.28. The molecule has 0 spiro atoms. The van der Waals surface area contributed by atoms with Gasteiger partial charge in [0.05, 0.1) is 19.1 Å². The number of carbonyl (C=O) groups excluding carboxylic acids is 2. The largest absolute Gasteiger partial charge is 0.379 e. The Morgan fingerprint density at radius 1 is 1.32 bits per heavy atom. The van der Waals surface area contributed by atoms with E-state index in [4.69, 9.17) is 4.74 Å². The number of likely N-dealkylation sites (tertiary alicyclic amines) is 1. The molecule has 2 aliphatic rings. The summed E-state index contributed by atoms with van der Waals surface area (Å²) in [7, 11) is 0. The molecule has 0 saturated carbocycles. The van der Waals surface area contributed by atoms with Crippen LogP contribution in [0, 0.1) is 5.92 Å². The number of rotatable bonds is 5. The van der Waals surface area contributed by atoms with Crippen LogP contribution in [0.15, 0.2) is 0 Å². The summed E-state index contributed by atoms with van der Waals surface area (Å²) in [4.78, 5) is 28.4. The van der Waals surface area contributed by atoms with E-state index in [1.807, 2.05) is 25.7 Å². The lowest BCUT2D eigenvalue weighted by molar-refractivity contribution is -0.132. The highest BCUT2D eigenvalue weighted by Crippen LogP contribution is 2.25. The van der Waals surface area contributed by atoms with Gasteiger partial charge in [-0.1, -0.05) is 0 Å². The van der Waals surface area contributed by atoms with Crippen molar-refractivity contribution in [1.29, 1.82) is 0 Å². The Morgan fingerprint density at radius 2 is 2.00 bits per heavy atom. The molecule has 1 atom stereocenters. The first-order valence-corrected chi connectivity index (χ1v) is 8.26. The Kier molecular flexibility index (Phi) is 5.81. The Hall–Kier alpha value is -1.14. The van der Waals surface area contributed by atoms with E-state index in [1.54, 1.807) is 0 Å². The average Bonchev–Trinajstić information content (AvgIpc) is 2.87. The van der Waals surface area contributed by atoms with Crippen LogP contribution in [0.5, 0.6) is 0 Å². The molecule has 22 heavy (non-hydrogen) atoms. The van der Waals surface area contributed by atoms with Crippen molar-refractivity contribution in [3.63, 3.8) is 0 Å². The molecule has 0 aromatic carbocycles. The molecule has 0 aromatic heterocycles. The topological polar surface area (TPSA) is 61.9 Å². The summed E-state index contributed by atoms with van der Waals surface area (Å²) in [5, 5.41) is 2.98. The van der Waals surface area contributed by atoms with Gasteiger partial charge in [0.1, 0.15) is 0 Å². The van der Waals surface area contributed by atoms with Crippen LogP contribution in [-0.2, 0) is 14.3 Å². The number of morpholine rings is 1. The van der Waals surface area contributed by atoms with Crippen LogP contribution in [0.2, 0.25) is 0 Å². The Labute approximate surface area is 133 Å². The summed E-state index contributed by atoms with van der Waals surface area (Å²) in [6, 6.07) is 0. The number of hydrogen-bond acceptors (Lipinski definition) is 4. The van der Waals surface area contributed by atoms with Crippen LogP contribution in [-0.4, -0.2) is 73.1 Å². The molecule has 2 saturated heterocycles. The van der Waals surface area contributed by atoms with E-state index in [-0.39, 0.29) is 23.3 Å². The molecule has 0 bridgehead atoms. The van der Waals surface area contributed by atoms with Crippen LogP contribution in [0.3, 0.4) is 0 Å². The average molecular weight is 311 g/mol. The van der Waals surface area contributed by atoms with Gasteiger partial charge in [-0.3, -0.25) is 14.5 Å². The van der Waals surface area contributed by atoms with Crippen molar-refractivity contribution < 1.29 is 14.3 Å². The Morgan fingerprint density at radius 3 is 2.59 bits per heavy atom. The lowest BCUT2D eigenvalue weighted by Crippen LogP contribution is -2.43. The minimum atomic E-state index is -0.206. The van der Waals surface area contributed by atoms with Gasteiger partial charge < -0.3 is 15.0 Å². The van der Waals surface area contributed by atoms with Gasteiger partial charge in [-0.15, -0.1) is 0 Å². The monoisotopic (exact) mass is 311 g/mol. The first-order valence-electron chi connectivity index (χ1n) is 8.26. The minimum absolute atomic E-state index is 0.0158. The molecule has 126 valence electrons. The predicted octanol–water partition coefficient (Wildman–Crippen LogP) is 0.472. The van der Waals surface area contributed by atoms with E-state index >= 15 is 0 Å². The highest BCUT2D eigenvalue weighted by molar-refractivity contribution is 5.89. The van der Waals surface area contributed by atoms with Gasteiger partial charge in [-0.2, -0.15) is 0 Å². The Bertz CT molecular complexity index is 400. The lowest BCUT2D eigenvalue weighted by Gasteiger charge is -2.32. The molecule has 0 aromatic rings. The van der Waals surface area contributed by atoms with E-state index in [1.165, 1.54) is 0 Å². The highest BCUT2D eigenvalue weighted by atomic mass is 16.5. The van der Waals surface area contributed by atoms with Crippen LogP contribution >= 0.6 is 0 Å². The first-order chi connectivity index (χ1) is 10.4. The number of nitrogens with one attached hydrogen (secondary N) is 1. The lowest BCUT2D eigenvalue weighted by atomic mass is 10.1. The quantitative estimate of drug-likeness (QED) is 0.750. The molecule has 2 fully saturated rings. The number of carbonyl (C=O) groups is 2. The highest BCUT2D eigenvalue weighted by Gasteiger charge is 2.39. The Balaban J connectivity index is 1.66. The van der Waals surface area contributed by atoms with Gasteiger partial charge in [0.25, 0.3) is 0 Å². The molecule has 1 N–H and O–H groups in total. The van der Waals surface area contributed by atoms with Crippen LogP contribution in [0.1, 0.15) is 33.6 Å². The molecule has 2 heterocycles. The van der Waals surface area contributed by atoms with Gasteiger partial charge in [0.15, 0.2) is 0 Å². The van der Waals surface area contributed by atoms with Crippen molar-refractivity contribution in [1.82, 2.24) is 15.1 Å². The number of nitrogens with zero attached hydrogens (tertiary/aromatic N) is 2. The fraction of sp³-hybridized carbons (Fsp3) is 0.875. The zero-order chi connectivity index (χ0) is 16.2. The molecule has 0 radical (unpaired) electrons. The van der Waals surface area contributed by atoms with Gasteiger partial charge in [0.2, 0.25) is 11.8 Å². The SMILES string of the molecule is CC(C)(C)N1CC(C(=O)NCCCN2CCOCC2)CC1=O. The third-order valence-electron chi connectivity index (χ3n) is 4.36. The summed E-state index contributed by atoms with van der Waals surface area (Å²) in [5.41, 5.74) is -0.206. The molecular weight excluding hydrogens is 282 g/mol. The van der Waals surface area contributed by atoms with Gasteiger partial charge in [-0.05, 0) is 33.7 Å². The maximum absolute atomic E-state index is 12.2. The normalized spacial score (nSPS) is 23.9. The fourth-order valence-corrected chi connectivity index (χ4v) is 3.01. The molecule has 2 aliphatic heterocycles. The zero-order valence-electron chi connectivity index (χ0n) is 14.1. The minimum Gasteiger partial charge on any atom is -0.379 e. The van der Waals surface area contributed by atoms with Crippen molar-refractivity contribution in [3.05, 3.63) is 0 Å². The smallest absolute Gasteiger partial charge is 0.225 e. The maximum atomic E-state index is 12.2. The molecule has 2 amide bonds. The van der Waals surface area contributed by atoms with Crippen molar-refractivity contribution in [2.24, 2.45) is 5.92 Å². The van der Waals surface area contributed by atoms with Crippen molar-refractivity contribution in [2.75, 3.05) is 45.9 Å². The van der Waals surface area contributed by atoms with Crippen molar-refractivity contribution >= 4 is 11.8 Å². The third kappa shape index (κ3) is 4.68. The molecule has 6 nitrogen and oxygen atoms in total. The van der Waals surface area contributed by atoms with Crippen LogP contribution in [0.25, 0.3) is 0 Å². The fourth-order valence-electron chi connectivity index (χ4n) is 3.01. The zero-order valence-corrected chi connectivity index (χ0v) is 14.1. The van der Waals surface area contributed by atoms with Crippen LogP contribution in [0.4, 0.5) is 0 Å². The van der Waals surface area contributed by atoms with Crippen molar-refractivity contribution in [3.8, 4) is 0 Å². The number of amides is 2. The molecule has 0 aliphatic carbocycles. The van der Waals surface area contributed by atoms with Gasteiger partial charge >= 0.3 is 0 Å². The van der Waals surface area contributed by atoms with Crippen LogP contribution < -0.4 is 5.32 Å². The van der Waals surface area contributed by atoms with E-state index in [0.717, 1.165) is 39.3 Å². The summed E-state index contributed by atoms with van der Waals surface area (Å²) in [5.74, 6) is -0.0989. The van der Waals surface area contributed by atoms with E-state index in [2.05, 4.69) is 10.2 Å². The van der Waals surface area contributed by atoms with Gasteiger partial charge in [-0.25, -0.2) is 0 Å². The predicted molar refractivity (Wildman–Crippen MR) is 84.5 cm³/mol. The molecule has 2 rings (SSSR count). The second-order valence-electron chi connectivity index (χ2n) is 7.17. The van der Waals surface area contributed by atoms with E-state index in [0.29, 0.717) is 19.5 Å². The first kappa shape index (κ1) is 17.2. The summed E-state index contributed by atoms with van der Waals surface area (Å²) in [6.45, 7) is 11.8. The van der Waals surface area contributed by atoms with E-state index < -0.39 is 0 Å². The standard InChI is InChI=1S/C16H29N3O3/c1-16(2,3)19-12-13(11-14(19)20)15(21)17-5-4-6-18-7-9-22-10-8-18/h13H,4-12H2,1-3H3,(H,17,21). The number of hydrogen-bond donors (Lipinski definition) is 1.